The molecule has 0 radical (unpaired) electrons. The van der Waals surface area contributed by atoms with Gasteiger partial charge in [-0.25, -0.2) is 4.68 Å². The molecule has 0 aliphatic heterocycles. The molecule has 2 rings (SSSR count). The summed E-state index contributed by atoms with van der Waals surface area (Å²) in [4.78, 5) is 0. The first-order chi connectivity index (χ1) is 8.50. The van der Waals surface area contributed by atoms with E-state index in [9.17, 15) is 0 Å². The Kier molecular flexibility index (Phi) is 3.65. The van der Waals surface area contributed by atoms with Crippen LogP contribution in [0.5, 0.6) is 0 Å². The fourth-order valence-electron chi connectivity index (χ4n) is 1.64. The largest absolute Gasteiger partial charge is 0.399 e. The summed E-state index contributed by atoms with van der Waals surface area (Å²) >= 11 is 3.51. The average molecular weight is 310 g/mol. The topological polar surface area (TPSA) is 69.6 Å². The predicted molar refractivity (Wildman–Crippen MR) is 74.9 cm³/mol. The van der Waals surface area contributed by atoms with Crippen LogP contribution >= 0.6 is 15.9 Å². The first-order valence-electron chi connectivity index (χ1n) is 5.84. The number of tetrazole rings is 1. The molecule has 0 aliphatic rings. The van der Waals surface area contributed by atoms with E-state index in [4.69, 9.17) is 5.73 Å². The monoisotopic (exact) mass is 309 g/mol. The number of nitrogen functional groups attached to an aromatic ring is 1. The number of aromatic nitrogens is 4. The molecule has 2 aromatic rings. The van der Waals surface area contributed by atoms with E-state index in [2.05, 4.69) is 52.2 Å². The van der Waals surface area contributed by atoms with E-state index in [1.54, 1.807) is 0 Å². The molecule has 0 aliphatic carbocycles. The van der Waals surface area contributed by atoms with Crippen molar-refractivity contribution in [2.24, 2.45) is 5.92 Å². The van der Waals surface area contributed by atoms with Gasteiger partial charge in [0.2, 0.25) is 0 Å². The van der Waals surface area contributed by atoms with Gasteiger partial charge in [-0.3, -0.25) is 0 Å². The molecule has 6 heteroatoms. The molecule has 1 atom stereocenters. The van der Waals surface area contributed by atoms with E-state index < -0.39 is 0 Å². The van der Waals surface area contributed by atoms with Gasteiger partial charge in [0.1, 0.15) is 0 Å². The van der Waals surface area contributed by atoms with E-state index >= 15 is 0 Å². The summed E-state index contributed by atoms with van der Waals surface area (Å²) in [5.74, 6) is 1.18. The molecule has 5 nitrogen and oxygen atoms in total. The molecule has 0 saturated carbocycles. The third kappa shape index (κ3) is 2.38. The van der Waals surface area contributed by atoms with Gasteiger partial charge in [-0.1, -0.05) is 29.8 Å². The zero-order valence-electron chi connectivity index (χ0n) is 10.6. The second-order valence-corrected chi connectivity index (χ2v) is 5.53. The van der Waals surface area contributed by atoms with Crippen molar-refractivity contribution in [1.29, 1.82) is 0 Å². The van der Waals surface area contributed by atoms with E-state index in [0.717, 1.165) is 15.9 Å². The van der Waals surface area contributed by atoms with E-state index in [1.165, 1.54) is 0 Å². The molecule has 1 unspecified atom stereocenters. The quantitative estimate of drug-likeness (QED) is 0.885. The highest BCUT2D eigenvalue weighted by Gasteiger charge is 2.18. The molecule has 0 spiro atoms. The van der Waals surface area contributed by atoms with Crippen LogP contribution in [0.4, 0.5) is 5.69 Å². The van der Waals surface area contributed by atoms with Crippen LogP contribution in [0.25, 0.3) is 11.4 Å². The fraction of sp³-hybridized carbons (Fsp3) is 0.417. The number of hydrogen-bond acceptors (Lipinski definition) is 4. The number of rotatable bonds is 3. The maximum Gasteiger partial charge on any atom is 0.183 e. The second kappa shape index (κ2) is 5.06. The lowest BCUT2D eigenvalue weighted by atomic mass is 10.1. The summed E-state index contributed by atoms with van der Waals surface area (Å²) in [6.07, 6.45) is 0. The Morgan fingerprint density at radius 1 is 1.28 bits per heavy atom. The van der Waals surface area contributed by atoms with Crippen molar-refractivity contribution < 1.29 is 0 Å². The molecule has 0 saturated heterocycles. The lowest BCUT2D eigenvalue weighted by molar-refractivity contribution is 0.371. The standard InChI is InChI=1S/C12H16BrN5/c1-7(2)8(3)18-12(15-16-17-18)10-6-9(14)4-5-11(10)13/h4-8H,14H2,1-3H3. The Labute approximate surface area is 115 Å². The normalized spacial score (nSPS) is 12.9. The van der Waals surface area contributed by atoms with Crippen LogP contribution in [0.3, 0.4) is 0 Å². The van der Waals surface area contributed by atoms with Crippen LogP contribution < -0.4 is 5.73 Å². The molecule has 18 heavy (non-hydrogen) atoms. The van der Waals surface area contributed by atoms with Gasteiger partial charge in [-0.2, -0.15) is 0 Å². The van der Waals surface area contributed by atoms with Crippen molar-refractivity contribution >= 4 is 21.6 Å². The summed E-state index contributed by atoms with van der Waals surface area (Å²) in [6, 6.07) is 5.85. The lowest BCUT2D eigenvalue weighted by Crippen LogP contribution is -2.14. The van der Waals surface area contributed by atoms with Crippen LogP contribution in [-0.4, -0.2) is 20.2 Å². The number of nitrogens with two attached hydrogens (primary N) is 1. The van der Waals surface area contributed by atoms with Gasteiger partial charge in [0, 0.05) is 15.7 Å². The van der Waals surface area contributed by atoms with E-state index in [1.807, 2.05) is 22.9 Å². The Hall–Kier alpha value is -1.43. The second-order valence-electron chi connectivity index (χ2n) is 4.67. The van der Waals surface area contributed by atoms with Gasteiger partial charge >= 0.3 is 0 Å². The van der Waals surface area contributed by atoms with Crippen molar-refractivity contribution in [3.8, 4) is 11.4 Å². The Morgan fingerprint density at radius 3 is 2.67 bits per heavy atom. The number of halogens is 1. The van der Waals surface area contributed by atoms with Crippen LogP contribution in [0.1, 0.15) is 26.8 Å². The molecule has 0 fully saturated rings. The van der Waals surface area contributed by atoms with Gasteiger partial charge in [-0.05, 0) is 41.5 Å². The number of nitrogens with zero attached hydrogens (tertiary/aromatic N) is 4. The highest BCUT2D eigenvalue weighted by atomic mass is 79.9. The zero-order valence-corrected chi connectivity index (χ0v) is 12.2. The maximum absolute atomic E-state index is 5.82. The summed E-state index contributed by atoms with van der Waals surface area (Å²) in [6.45, 7) is 6.39. The lowest BCUT2D eigenvalue weighted by Gasteiger charge is -2.17. The molecule has 0 amide bonds. The predicted octanol–water partition coefficient (Wildman–Crippen LogP) is 2.90. The van der Waals surface area contributed by atoms with Crippen molar-refractivity contribution in [3.63, 3.8) is 0 Å². The first-order valence-corrected chi connectivity index (χ1v) is 6.63. The molecule has 1 aromatic carbocycles. The maximum atomic E-state index is 5.82. The fourth-order valence-corrected chi connectivity index (χ4v) is 2.07. The SMILES string of the molecule is CC(C)C(C)n1nnnc1-c1cc(N)ccc1Br. The first kappa shape index (κ1) is 13.0. The van der Waals surface area contributed by atoms with Crippen LogP contribution in [0.2, 0.25) is 0 Å². The van der Waals surface area contributed by atoms with Crippen LogP contribution in [-0.2, 0) is 0 Å². The highest BCUT2D eigenvalue weighted by molar-refractivity contribution is 9.10. The third-order valence-electron chi connectivity index (χ3n) is 3.07. The van der Waals surface area contributed by atoms with E-state index in [0.29, 0.717) is 11.6 Å². The molecular weight excluding hydrogens is 294 g/mol. The Balaban J connectivity index is 2.52. The molecular formula is C12H16BrN5. The smallest absolute Gasteiger partial charge is 0.183 e. The summed E-state index contributed by atoms with van der Waals surface area (Å²) in [5.41, 5.74) is 7.42. The molecule has 1 aromatic heterocycles. The molecule has 0 bridgehead atoms. The minimum atomic E-state index is 0.225. The van der Waals surface area contributed by atoms with E-state index in [-0.39, 0.29) is 6.04 Å². The van der Waals surface area contributed by atoms with Crippen molar-refractivity contribution in [1.82, 2.24) is 20.2 Å². The summed E-state index contributed by atoms with van der Waals surface area (Å²) < 4.78 is 2.77. The van der Waals surface area contributed by atoms with Crippen LogP contribution in [0.15, 0.2) is 22.7 Å². The van der Waals surface area contributed by atoms with Crippen LogP contribution in [0, 0.1) is 5.92 Å². The van der Waals surface area contributed by atoms with Crippen molar-refractivity contribution in [2.45, 2.75) is 26.8 Å². The average Bonchev–Trinajstić information content (AvgIpc) is 2.80. The number of hydrogen-bond donors (Lipinski definition) is 1. The van der Waals surface area contributed by atoms with Gasteiger partial charge in [-0.15, -0.1) is 5.10 Å². The molecule has 96 valence electrons. The number of benzene rings is 1. The third-order valence-corrected chi connectivity index (χ3v) is 3.77. The van der Waals surface area contributed by atoms with Gasteiger partial charge in [0.25, 0.3) is 0 Å². The molecule has 1 heterocycles. The Morgan fingerprint density at radius 2 is 2.00 bits per heavy atom. The van der Waals surface area contributed by atoms with Gasteiger partial charge in [0.15, 0.2) is 5.82 Å². The van der Waals surface area contributed by atoms with Gasteiger partial charge in [0.05, 0.1) is 6.04 Å². The number of anilines is 1. The summed E-state index contributed by atoms with van der Waals surface area (Å²) in [5, 5.41) is 12.0. The van der Waals surface area contributed by atoms with Crippen molar-refractivity contribution in [3.05, 3.63) is 22.7 Å². The minimum absolute atomic E-state index is 0.225. The summed E-state index contributed by atoms with van der Waals surface area (Å²) in [7, 11) is 0. The Bertz CT molecular complexity index is 549. The van der Waals surface area contributed by atoms with Crippen molar-refractivity contribution in [2.75, 3.05) is 5.73 Å². The van der Waals surface area contributed by atoms with Gasteiger partial charge < -0.3 is 5.73 Å². The highest BCUT2D eigenvalue weighted by Crippen LogP contribution is 2.30. The zero-order chi connectivity index (χ0) is 13.3. The minimum Gasteiger partial charge on any atom is -0.399 e. The molecule has 2 N–H and O–H groups in total.